The van der Waals surface area contributed by atoms with Crippen molar-refractivity contribution in [3.63, 3.8) is 0 Å². The molecule has 10 heteroatoms. The molecule has 38 heavy (non-hydrogen) atoms. The molecule has 3 aromatic rings. The molecule has 0 unspecified atom stereocenters. The van der Waals surface area contributed by atoms with Crippen LogP contribution >= 0.6 is 34.3 Å². The van der Waals surface area contributed by atoms with E-state index in [1.54, 1.807) is 31.4 Å². The molecule has 1 saturated carbocycles. The molecule has 0 bridgehead atoms. The zero-order chi connectivity index (χ0) is 27.1. The summed E-state index contributed by atoms with van der Waals surface area (Å²) < 4.78 is 17.0. The molecule has 7 nitrogen and oxygen atoms in total. The van der Waals surface area contributed by atoms with E-state index in [4.69, 9.17) is 25.8 Å². The lowest BCUT2D eigenvalue weighted by atomic mass is 9.91. The standard InChI is InChI=1S/C28H34ClNO6S2/c1-30(12-5-13-35-24-17-23(34-2)19(18-31)16-22(24)29)20-8-10-21(11-9-20)36-27(32)28(33,25-6-3-14-37-25)26-7-4-15-38-26/h3-4,6-7,14-17,20-21,31,33H,5,8-13,18H2,1-2H3. The predicted octanol–water partition coefficient (Wildman–Crippen LogP) is 5.46. The van der Waals surface area contributed by atoms with Crippen molar-refractivity contribution in [3.8, 4) is 11.5 Å². The second kappa shape index (κ2) is 13.3. The van der Waals surface area contributed by atoms with Crippen molar-refractivity contribution >= 4 is 40.2 Å². The summed E-state index contributed by atoms with van der Waals surface area (Å²) in [7, 11) is 3.65. The maximum atomic E-state index is 13.2. The van der Waals surface area contributed by atoms with Crippen LogP contribution in [0.25, 0.3) is 0 Å². The first-order valence-corrected chi connectivity index (χ1v) is 14.8. The van der Waals surface area contributed by atoms with Crippen molar-refractivity contribution in [2.24, 2.45) is 0 Å². The minimum atomic E-state index is -1.76. The van der Waals surface area contributed by atoms with Crippen LogP contribution in [0.5, 0.6) is 11.5 Å². The first-order valence-electron chi connectivity index (χ1n) is 12.7. The summed E-state index contributed by atoms with van der Waals surface area (Å²) in [6, 6.07) is 11.0. The molecule has 1 aromatic carbocycles. The third-order valence-corrected chi connectivity index (χ3v) is 9.26. The minimum absolute atomic E-state index is 0.153. The van der Waals surface area contributed by atoms with Gasteiger partial charge in [-0.15, -0.1) is 22.7 Å². The van der Waals surface area contributed by atoms with E-state index < -0.39 is 11.6 Å². The van der Waals surface area contributed by atoms with Gasteiger partial charge in [0.1, 0.15) is 17.6 Å². The van der Waals surface area contributed by atoms with Crippen LogP contribution in [0.15, 0.2) is 47.2 Å². The Morgan fingerprint density at radius 1 is 1.11 bits per heavy atom. The van der Waals surface area contributed by atoms with Crippen LogP contribution in [-0.4, -0.2) is 60.5 Å². The van der Waals surface area contributed by atoms with Crippen molar-refractivity contribution < 1.29 is 29.2 Å². The van der Waals surface area contributed by atoms with Crippen molar-refractivity contribution in [2.45, 2.75) is 56.5 Å². The van der Waals surface area contributed by atoms with E-state index in [1.165, 1.54) is 22.7 Å². The normalized spacial score (nSPS) is 17.9. The molecule has 0 amide bonds. The summed E-state index contributed by atoms with van der Waals surface area (Å²) in [5, 5.41) is 25.0. The van der Waals surface area contributed by atoms with E-state index in [0.29, 0.717) is 44.5 Å². The molecular weight excluding hydrogens is 546 g/mol. The van der Waals surface area contributed by atoms with Gasteiger partial charge in [0, 0.05) is 24.2 Å². The number of esters is 1. The first kappa shape index (κ1) is 28.9. The summed E-state index contributed by atoms with van der Waals surface area (Å²) >= 11 is 8.98. The number of hydrogen-bond donors (Lipinski definition) is 2. The van der Waals surface area contributed by atoms with E-state index in [2.05, 4.69) is 11.9 Å². The van der Waals surface area contributed by atoms with Crippen LogP contribution in [0.4, 0.5) is 0 Å². The highest BCUT2D eigenvalue weighted by atomic mass is 35.5. The van der Waals surface area contributed by atoms with Crippen LogP contribution < -0.4 is 9.47 Å². The van der Waals surface area contributed by atoms with E-state index in [-0.39, 0.29) is 12.7 Å². The number of halogens is 1. The van der Waals surface area contributed by atoms with Crippen LogP contribution in [0, 0.1) is 0 Å². The molecule has 0 atom stereocenters. The van der Waals surface area contributed by atoms with E-state index in [9.17, 15) is 15.0 Å². The van der Waals surface area contributed by atoms with Crippen LogP contribution in [0.2, 0.25) is 5.02 Å². The van der Waals surface area contributed by atoms with Crippen LogP contribution in [0.1, 0.15) is 47.4 Å². The van der Waals surface area contributed by atoms with Gasteiger partial charge in [0.2, 0.25) is 5.60 Å². The zero-order valence-electron chi connectivity index (χ0n) is 21.6. The smallest absolute Gasteiger partial charge is 0.349 e. The molecule has 2 aromatic heterocycles. The minimum Gasteiger partial charge on any atom is -0.496 e. The molecular formula is C28H34ClNO6S2. The molecule has 1 aliphatic carbocycles. The number of nitrogens with zero attached hydrogens (tertiary/aromatic N) is 1. The summed E-state index contributed by atoms with van der Waals surface area (Å²) in [6.45, 7) is 1.21. The van der Waals surface area contributed by atoms with Gasteiger partial charge in [-0.05, 0) is 68.1 Å². The fourth-order valence-corrected chi connectivity index (χ4v) is 6.77. The highest BCUT2D eigenvalue weighted by molar-refractivity contribution is 7.12. The Labute approximate surface area is 236 Å². The van der Waals surface area contributed by atoms with Crippen LogP contribution in [-0.2, 0) is 21.7 Å². The molecule has 0 radical (unpaired) electrons. The number of benzene rings is 1. The Bertz CT molecular complexity index is 1130. The molecule has 4 rings (SSSR count). The summed E-state index contributed by atoms with van der Waals surface area (Å²) in [6.07, 6.45) is 3.96. The fourth-order valence-electron chi connectivity index (χ4n) is 4.81. The lowest BCUT2D eigenvalue weighted by molar-refractivity contribution is -0.169. The SMILES string of the molecule is COc1cc(OCCCN(C)C2CCC(OC(=O)C(O)(c3cccs3)c3cccs3)CC2)c(Cl)cc1CO. The Morgan fingerprint density at radius 2 is 1.76 bits per heavy atom. The Hall–Kier alpha value is -2.14. The Balaban J connectivity index is 1.23. The average Bonchev–Trinajstić information content (AvgIpc) is 3.67. The largest absolute Gasteiger partial charge is 0.496 e. The van der Waals surface area contributed by atoms with Gasteiger partial charge < -0.3 is 29.3 Å². The number of thiophene rings is 2. The van der Waals surface area contributed by atoms with Gasteiger partial charge in [-0.1, -0.05) is 23.7 Å². The third kappa shape index (κ3) is 6.52. The molecule has 206 valence electrons. The predicted molar refractivity (Wildman–Crippen MR) is 150 cm³/mol. The highest BCUT2D eigenvalue weighted by Gasteiger charge is 2.45. The molecule has 1 aliphatic rings. The Morgan fingerprint density at radius 3 is 2.32 bits per heavy atom. The second-order valence-electron chi connectivity index (χ2n) is 9.44. The number of methoxy groups -OCH3 is 1. The molecule has 2 heterocycles. The van der Waals surface area contributed by atoms with E-state index in [1.807, 2.05) is 22.9 Å². The number of hydrogen-bond acceptors (Lipinski definition) is 9. The second-order valence-corrected chi connectivity index (χ2v) is 11.7. The van der Waals surface area contributed by atoms with Crippen LogP contribution in [0.3, 0.4) is 0 Å². The van der Waals surface area contributed by atoms with E-state index >= 15 is 0 Å². The van der Waals surface area contributed by atoms with Crippen molar-refractivity contribution in [1.29, 1.82) is 0 Å². The highest BCUT2D eigenvalue weighted by Crippen LogP contribution is 2.38. The third-order valence-electron chi connectivity index (χ3n) is 7.01. The van der Waals surface area contributed by atoms with Gasteiger partial charge in [-0.3, -0.25) is 0 Å². The summed E-state index contributed by atoms with van der Waals surface area (Å²) in [4.78, 5) is 16.7. The van der Waals surface area contributed by atoms with Crippen molar-refractivity contribution in [1.82, 2.24) is 4.90 Å². The van der Waals surface area contributed by atoms with Crippen molar-refractivity contribution in [3.05, 3.63) is 67.5 Å². The molecule has 0 saturated heterocycles. The van der Waals surface area contributed by atoms with Gasteiger partial charge in [0.15, 0.2) is 0 Å². The lowest BCUT2D eigenvalue weighted by Gasteiger charge is -2.35. The maximum absolute atomic E-state index is 13.2. The van der Waals surface area contributed by atoms with Gasteiger partial charge in [0.05, 0.1) is 35.1 Å². The van der Waals surface area contributed by atoms with Gasteiger partial charge in [-0.2, -0.15) is 0 Å². The summed E-state index contributed by atoms with van der Waals surface area (Å²) in [5.74, 6) is 0.486. The molecule has 2 N–H and O–H groups in total. The van der Waals surface area contributed by atoms with E-state index in [0.717, 1.165) is 38.6 Å². The van der Waals surface area contributed by atoms with Gasteiger partial charge in [-0.25, -0.2) is 4.79 Å². The lowest BCUT2D eigenvalue weighted by Crippen LogP contribution is -2.42. The number of rotatable bonds is 12. The maximum Gasteiger partial charge on any atom is 0.349 e. The molecule has 0 aliphatic heterocycles. The molecule has 1 fully saturated rings. The monoisotopic (exact) mass is 579 g/mol. The quantitative estimate of drug-likeness (QED) is 0.218. The Kier molecular flexibility index (Phi) is 10.1. The number of carbonyl (C=O) groups is 1. The number of aliphatic hydroxyl groups excluding tert-OH is 1. The molecule has 0 spiro atoms. The summed E-state index contributed by atoms with van der Waals surface area (Å²) in [5.41, 5.74) is -1.14. The van der Waals surface area contributed by atoms with Gasteiger partial charge in [0.25, 0.3) is 0 Å². The number of carbonyl (C=O) groups excluding carboxylic acids is 1. The number of ether oxygens (including phenoxy) is 3. The first-order chi connectivity index (χ1) is 18.4. The van der Waals surface area contributed by atoms with Crippen molar-refractivity contribution in [2.75, 3.05) is 27.3 Å². The zero-order valence-corrected chi connectivity index (χ0v) is 24.0. The van der Waals surface area contributed by atoms with Gasteiger partial charge >= 0.3 is 5.97 Å². The topological polar surface area (TPSA) is 88.5 Å². The fraction of sp³-hybridized carbons (Fsp3) is 0.464. The number of aliphatic hydroxyl groups is 2. The average molecular weight is 580 g/mol.